The number of anilines is 1. The number of nitrogens with zero attached hydrogens (tertiary/aromatic N) is 3. The number of aryl methyl sites for hydroxylation is 1. The molecule has 3 aromatic rings. The zero-order valence-electron chi connectivity index (χ0n) is 18.9. The van der Waals surface area contributed by atoms with E-state index in [0.717, 1.165) is 28.1 Å². The van der Waals surface area contributed by atoms with E-state index in [9.17, 15) is 9.59 Å². The second-order valence-corrected chi connectivity index (χ2v) is 9.39. The van der Waals surface area contributed by atoms with Crippen LogP contribution in [-0.4, -0.2) is 33.0 Å². The lowest BCUT2D eigenvalue weighted by molar-refractivity contribution is -0.124. The number of thioether (sulfide) groups is 1. The zero-order valence-corrected chi connectivity index (χ0v) is 19.8. The standard InChI is InChI=1S/C27H24N4O2S/c1-3-22(25(32)28-19-13-9-10-17(2)16-19)34-27-29-21-15-8-7-14-20(21)24-30-23(26(33)31(24)27)18-11-5-4-6-12-18/h4-16,22-23H,3H2,1-2H3,(H,28,32)/t22-,23-/m0/s1. The zero-order chi connectivity index (χ0) is 23.7. The summed E-state index contributed by atoms with van der Waals surface area (Å²) in [5, 5.41) is 3.06. The minimum absolute atomic E-state index is 0.121. The molecule has 2 atom stereocenters. The molecule has 34 heavy (non-hydrogen) atoms. The highest BCUT2D eigenvalue weighted by atomic mass is 32.2. The van der Waals surface area contributed by atoms with E-state index >= 15 is 0 Å². The molecule has 2 heterocycles. The molecular weight excluding hydrogens is 444 g/mol. The van der Waals surface area contributed by atoms with Crippen LogP contribution in [0.5, 0.6) is 0 Å². The van der Waals surface area contributed by atoms with Crippen LogP contribution < -0.4 is 5.32 Å². The Morgan fingerprint density at radius 1 is 1.06 bits per heavy atom. The van der Waals surface area contributed by atoms with Crippen molar-refractivity contribution in [2.24, 2.45) is 9.98 Å². The highest BCUT2D eigenvalue weighted by Gasteiger charge is 2.43. The lowest BCUT2D eigenvalue weighted by Crippen LogP contribution is -2.41. The molecule has 170 valence electrons. The summed E-state index contributed by atoms with van der Waals surface area (Å²) in [5.74, 6) is 0.307. The maximum atomic E-state index is 13.5. The smallest absolute Gasteiger partial charge is 0.263 e. The lowest BCUT2D eigenvalue weighted by Gasteiger charge is -2.27. The number of amides is 2. The van der Waals surface area contributed by atoms with Crippen molar-refractivity contribution in [2.75, 3.05) is 5.32 Å². The van der Waals surface area contributed by atoms with Gasteiger partial charge in [0.1, 0.15) is 5.84 Å². The fourth-order valence-electron chi connectivity index (χ4n) is 4.08. The first-order chi connectivity index (χ1) is 16.5. The van der Waals surface area contributed by atoms with Gasteiger partial charge in [-0.25, -0.2) is 14.9 Å². The van der Waals surface area contributed by atoms with Crippen molar-refractivity contribution in [3.05, 3.63) is 95.6 Å². The topological polar surface area (TPSA) is 74.1 Å². The summed E-state index contributed by atoms with van der Waals surface area (Å²) in [4.78, 5) is 37.8. The van der Waals surface area contributed by atoms with Gasteiger partial charge in [0.05, 0.1) is 10.9 Å². The van der Waals surface area contributed by atoms with Gasteiger partial charge in [-0.05, 0) is 48.7 Å². The molecule has 0 bridgehead atoms. The lowest BCUT2D eigenvalue weighted by atomic mass is 10.1. The monoisotopic (exact) mass is 468 g/mol. The third-order valence-electron chi connectivity index (χ3n) is 5.78. The van der Waals surface area contributed by atoms with Gasteiger partial charge in [-0.1, -0.05) is 73.3 Å². The maximum absolute atomic E-state index is 13.5. The molecule has 1 N–H and O–H groups in total. The van der Waals surface area contributed by atoms with Crippen LogP contribution in [0.2, 0.25) is 0 Å². The maximum Gasteiger partial charge on any atom is 0.263 e. The molecule has 0 saturated carbocycles. The van der Waals surface area contributed by atoms with E-state index < -0.39 is 11.3 Å². The quantitative estimate of drug-likeness (QED) is 0.539. The first-order valence-corrected chi connectivity index (χ1v) is 12.1. The predicted octanol–water partition coefficient (Wildman–Crippen LogP) is 5.48. The van der Waals surface area contributed by atoms with Crippen LogP contribution >= 0.6 is 11.8 Å². The number of carbonyl (C=O) groups excluding carboxylic acids is 2. The van der Waals surface area contributed by atoms with Crippen molar-refractivity contribution in [1.29, 1.82) is 0 Å². The van der Waals surface area contributed by atoms with E-state index in [1.807, 2.05) is 92.7 Å². The van der Waals surface area contributed by atoms with Gasteiger partial charge in [-0.2, -0.15) is 0 Å². The average Bonchev–Trinajstić information content (AvgIpc) is 3.20. The number of aliphatic imine (C=N–C) groups is 2. The number of fused-ring (bicyclic) bond motifs is 3. The largest absolute Gasteiger partial charge is 0.325 e. The molecular formula is C27H24N4O2S. The summed E-state index contributed by atoms with van der Waals surface area (Å²) >= 11 is 1.30. The molecule has 0 fully saturated rings. The Kier molecular flexibility index (Phi) is 6.02. The normalized spacial score (nSPS) is 17.4. The number of hydrogen-bond acceptors (Lipinski definition) is 5. The minimum Gasteiger partial charge on any atom is -0.325 e. The van der Waals surface area contributed by atoms with Gasteiger partial charge in [-0.3, -0.25) is 9.59 Å². The second-order valence-electron chi connectivity index (χ2n) is 8.22. The van der Waals surface area contributed by atoms with Gasteiger partial charge in [0, 0.05) is 11.3 Å². The Balaban J connectivity index is 1.46. The average molecular weight is 469 g/mol. The van der Waals surface area contributed by atoms with Gasteiger partial charge in [-0.15, -0.1) is 0 Å². The van der Waals surface area contributed by atoms with E-state index in [2.05, 4.69) is 5.32 Å². The third kappa shape index (κ3) is 4.15. The van der Waals surface area contributed by atoms with E-state index in [4.69, 9.17) is 9.98 Å². The van der Waals surface area contributed by atoms with Crippen molar-refractivity contribution in [2.45, 2.75) is 31.6 Å². The molecule has 6 nitrogen and oxygen atoms in total. The van der Waals surface area contributed by atoms with Crippen molar-refractivity contribution in [1.82, 2.24) is 4.90 Å². The summed E-state index contributed by atoms with van der Waals surface area (Å²) in [6.07, 6.45) is 0.583. The summed E-state index contributed by atoms with van der Waals surface area (Å²) < 4.78 is 0. The van der Waals surface area contributed by atoms with Crippen molar-refractivity contribution in [3.63, 3.8) is 0 Å². The molecule has 2 aliphatic rings. The van der Waals surface area contributed by atoms with Crippen LogP contribution in [0.25, 0.3) is 0 Å². The molecule has 7 heteroatoms. The molecule has 0 spiro atoms. The highest BCUT2D eigenvalue weighted by Crippen LogP contribution is 2.38. The van der Waals surface area contributed by atoms with Gasteiger partial charge in [0.25, 0.3) is 5.91 Å². The van der Waals surface area contributed by atoms with Crippen LogP contribution in [0.1, 0.15) is 36.1 Å². The molecule has 2 aliphatic heterocycles. The van der Waals surface area contributed by atoms with Crippen molar-refractivity contribution < 1.29 is 9.59 Å². The van der Waals surface area contributed by atoms with E-state index in [-0.39, 0.29) is 11.8 Å². The molecule has 0 aromatic heterocycles. The fourth-order valence-corrected chi connectivity index (χ4v) is 5.10. The molecule has 2 amide bonds. The van der Waals surface area contributed by atoms with Gasteiger partial charge >= 0.3 is 0 Å². The molecule has 5 rings (SSSR count). The van der Waals surface area contributed by atoms with E-state index in [1.165, 1.54) is 11.8 Å². The second kappa shape index (κ2) is 9.27. The number of para-hydroxylation sites is 1. The first-order valence-electron chi connectivity index (χ1n) is 11.2. The van der Waals surface area contributed by atoms with E-state index in [0.29, 0.717) is 17.4 Å². The molecule has 0 unspecified atom stereocenters. The summed E-state index contributed by atoms with van der Waals surface area (Å²) in [6.45, 7) is 3.94. The predicted molar refractivity (Wildman–Crippen MR) is 138 cm³/mol. The highest BCUT2D eigenvalue weighted by molar-refractivity contribution is 8.15. The van der Waals surface area contributed by atoms with E-state index in [1.54, 1.807) is 4.90 Å². The number of rotatable bonds is 5. The fraction of sp³-hybridized carbons (Fsp3) is 0.185. The molecule has 3 aromatic carbocycles. The van der Waals surface area contributed by atoms with Crippen LogP contribution in [0, 0.1) is 6.92 Å². The van der Waals surface area contributed by atoms with Crippen molar-refractivity contribution >= 4 is 46.0 Å². The van der Waals surface area contributed by atoms with Gasteiger partial charge in [0.2, 0.25) is 5.91 Å². The van der Waals surface area contributed by atoms with Crippen LogP contribution in [-0.2, 0) is 9.59 Å². The van der Waals surface area contributed by atoms with Crippen molar-refractivity contribution in [3.8, 4) is 0 Å². The Morgan fingerprint density at radius 2 is 1.82 bits per heavy atom. The van der Waals surface area contributed by atoms with Gasteiger partial charge < -0.3 is 5.32 Å². The van der Waals surface area contributed by atoms with Crippen LogP contribution in [0.15, 0.2) is 88.8 Å². The first kappa shape index (κ1) is 22.1. The molecule has 0 saturated heterocycles. The number of benzene rings is 3. The number of hydrogen-bond donors (Lipinski definition) is 1. The third-order valence-corrected chi connectivity index (χ3v) is 7.10. The number of nitrogens with one attached hydrogen (secondary N) is 1. The Bertz CT molecular complexity index is 1320. The SMILES string of the molecule is CC[C@H](SC1=Nc2ccccc2C2=N[C@@H](c3ccccc3)C(=O)N12)C(=O)Nc1cccc(C)c1. The Hall–Kier alpha value is -3.71. The number of carbonyl (C=O) groups is 2. The van der Waals surface area contributed by atoms with Crippen LogP contribution in [0.3, 0.4) is 0 Å². The Labute approximate surface area is 202 Å². The minimum atomic E-state index is -0.630. The molecule has 0 aliphatic carbocycles. The Morgan fingerprint density at radius 3 is 2.59 bits per heavy atom. The summed E-state index contributed by atoms with van der Waals surface area (Å²) in [5.41, 5.74) is 4.22. The van der Waals surface area contributed by atoms with Gasteiger partial charge in [0.15, 0.2) is 11.2 Å². The number of amidine groups is 2. The summed E-state index contributed by atoms with van der Waals surface area (Å²) in [7, 11) is 0. The summed E-state index contributed by atoms with van der Waals surface area (Å²) in [6, 6.07) is 24.3. The molecule has 0 radical (unpaired) electrons. The van der Waals surface area contributed by atoms with Crippen LogP contribution in [0.4, 0.5) is 11.4 Å².